The number of rotatable bonds is 8. The van der Waals surface area contributed by atoms with Crippen LogP contribution in [0.15, 0.2) is 53.1 Å². The SMILES string of the molecule is CC(C)N(CC(=O)N1CCCCC1c1nc(-c2cccc(Cl)c2)no1)C(=O)COc1ccc(Cl)cc1. The highest BCUT2D eigenvalue weighted by Crippen LogP contribution is 2.32. The van der Waals surface area contributed by atoms with Crippen LogP contribution >= 0.6 is 23.2 Å². The lowest BCUT2D eigenvalue weighted by molar-refractivity contribution is -0.145. The molecule has 1 fully saturated rings. The van der Waals surface area contributed by atoms with E-state index in [-0.39, 0.29) is 37.0 Å². The molecule has 1 aromatic heterocycles. The van der Waals surface area contributed by atoms with Crippen LogP contribution in [0.3, 0.4) is 0 Å². The Kier molecular flexibility index (Phi) is 8.48. The fourth-order valence-electron chi connectivity index (χ4n) is 4.16. The van der Waals surface area contributed by atoms with E-state index in [0.717, 1.165) is 18.4 Å². The van der Waals surface area contributed by atoms with E-state index in [2.05, 4.69) is 10.1 Å². The predicted octanol–water partition coefficient (Wildman–Crippen LogP) is 5.41. The molecule has 1 aliphatic rings. The van der Waals surface area contributed by atoms with Crippen LogP contribution in [0.2, 0.25) is 10.0 Å². The average Bonchev–Trinajstić information content (AvgIpc) is 3.37. The summed E-state index contributed by atoms with van der Waals surface area (Å²) in [4.78, 5) is 34.2. The fourth-order valence-corrected chi connectivity index (χ4v) is 4.47. The van der Waals surface area contributed by atoms with Crippen molar-refractivity contribution < 1.29 is 18.8 Å². The Bertz CT molecular complexity index is 1200. The van der Waals surface area contributed by atoms with E-state index in [1.165, 1.54) is 4.90 Å². The highest BCUT2D eigenvalue weighted by molar-refractivity contribution is 6.31. The lowest BCUT2D eigenvalue weighted by atomic mass is 10.0. The summed E-state index contributed by atoms with van der Waals surface area (Å²) in [5.41, 5.74) is 0.739. The van der Waals surface area contributed by atoms with Crippen LogP contribution < -0.4 is 4.74 Å². The fraction of sp³-hybridized carbons (Fsp3) is 0.385. The standard InChI is InChI=1S/C26H28Cl2N4O4/c1-17(2)32(24(34)16-35-21-11-9-19(27)10-12-21)15-23(33)31-13-4-3-8-22(31)26-29-25(30-36-26)18-6-5-7-20(28)14-18/h5-7,9-12,14,17,22H,3-4,8,13,15-16H2,1-2H3. The maximum atomic E-state index is 13.4. The van der Waals surface area contributed by atoms with Crippen molar-refractivity contribution in [2.75, 3.05) is 19.7 Å². The van der Waals surface area contributed by atoms with Gasteiger partial charge in [-0.25, -0.2) is 0 Å². The second kappa shape index (κ2) is 11.8. The average molecular weight is 531 g/mol. The van der Waals surface area contributed by atoms with Crippen LogP contribution in [0.5, 0.6) is 5.75 Å². The van der Waals surface area contributed by atoms with Gasteiger partial charge in [0, 0.05) is 28.2 Å². The maximum absolute atomic E-state index is 13.4. The third-order valence-electron chi connectivity index (χ3n) is 6.06. The molecule has 0 bridgehead atoms. The zero-order valence-electron chi connectivity index (χ0n) is 20.2. The van der Waals surface area contributed by atoms with E-state index in [9.17, 15) is 9.59 Å². The molecule has 0 saturated carbocycles. The molecule has 10 heteroatoms. The third-order valence-corrected chi connectivity index (χ3v) is 6.55. The molecule has 1 atom stereocenters. The molecular formula is C26H28Cl2N4O4. The van der Waals surface area contributed by atoms with Crippen molar-refractivity contribution in [3.63, 3.8) is 0 Å². The molecule has 8 nitrogen and oxygen atoms in total. The minimum Gasteiger partial charge on any atom is -0.484 e. The molecule has 2 heterocycles. The second-order valence-corrected chi connectivity index (χ2v) is 9.80. The van der Waals surface area contributed by atoms with Gasteiger partial charge in [0.1, 0.15) is 18.3 Å². The summed E-state index contributed by atoms with van der Waals surface area (Å²) < 4.78 is 11.2. The molecule has 190 valence electrons. The minimum absolute atomic E-state index is 0.0632. The van der Waals surface area contributed by atoms with Crippen LogP contribution in [0.1, 0.15) is 45.0 Å². The van der Waals surface area contributed by atoms with Gasteiger partial charge >= 0.3 is 0 Å². The highest BCUT2D eigenvalue weighted by atomic mass is 35.5. The van der Waals surface area contributed by atoms with Gasteiger partial charge in [-0.2, -0.15) is 4.98 Å². The van der Waals surface area contributed by atoms with E-state index >= 15 is 0 Å². The largest absolute Gasteiger partial charge is 0.484 e. The summed E-state index contributed by atoms with van der Waals surface area (Å²) in [6, 6.07) is 13.4. The molecule has 3 aromatic rings. The topological polar surface area (TPSA) is 88.8 Å². The Morgan fingerprint density at radius 1 is 1.14 bits per heavy atom. The molecule has 0 N–H and O–H groups in total. The van der Waals surface area contributed by atoms with Crippen LogP contribution in [-0.2, 0) is 9.59 Å². The normalized spacial score (nSPS) is 15.7. The van der Waals surface area contributed by atoms with Crippen molar-refractivity contribution >= 4 is 35.0 Å². The molecule has 2 aromatic carbocycles. The molecule has 1 aliphatic heterocycles. The number of hydrogen-bond donors (Lipinski definition) is 0. The van der Waals surface area contributed by atoms with Gasteiger partial charge in [-0.15, -0.1) is 0 Å². The molecule has 2 amide bonds. The van der Waals surface area contributed by atoms with Crippen LogP contribution in [0.25, 0.3) is 11.4 Å². The number of halogens is 2. The van der Waals surface area contributed by atoms with Crippen molar-refractivity contribution in [2.24, 2.45) is 0 Å². The first kappa shape index (κ1) is 26.0. The first-order valence-electron chi connectivity index (χ1n) is 11.9. The molecule has 0 radical (unpaired) electrons. The summed E-state index contributed by atoms with van der Waals surface area (Å²) >= 11 is 12.0. The van der Waals surface area contributed by atoms with E-state index < -0.39 is 0 Å². The number of ether oxygens (including phenoxy) is 1. The molecule has 1 saturated heterocycles. The lowest BCUT2D eigenvalue weighted by Crippen LogP contribution is -2.49. The quantitative estimate of drug-likeness (QED) is 0.386. The van der Waals surface area contributed by atoms with E-state index in [0.29, 0.717) is 40.5 Å². The van der Waals surface area contributed by atoms with Crippen molar-refractivity contribution in [3.8, 4) is 17.1 Å². The van der Waals surface area contributed by atoms with E-state index in [1.54, 1.807) is 41.3 Å². The highest BCUT2D eigenvalue weighted by Gasteiger charge is 2.34. The van der Waals surface area contributed by atoms with Crippen molar-refractivity contribution in [1.82, 2.24) is 19.9 Å². The van der Waals surface area contributed by atoms with Crippen LogP contribution in [0.4, 0.5) is 0 Å². The number of carbonyl (C=O) groups excluding carboxylic acids is 2. The Balaban J connectivity index is 1.44. The summed E-state index contributed by atoms with van der Waals surface area (Å²) in [7, 11) is 0. The first-order chi connectivity index (χ1) is 17.3. The van der Waals surface area contributed by atoms with Gasteiger partial charge in [0.2, 0.25) is 17.6 Å². The number of nitrogens with zero attached hydrogens (tertiary/aromatic N) is 4. The molecule has 4 rings (SSSR count). The van der Waals surface area contributed by atoms with Gasteiger partial charge in [-0.05, 0) is 69.5 Å². The molecule has 0 aliphatic carbocycles. The number of carbonyl (C=O) groups is 2. The van der Waals surface area contributed by atoms with Crippen molar-refractivity contribution in [1.29, 1.82) is 0 Å². The molecular weight excluding hydrogens is 503 g/mol. The summed E-state index contributed by atoms with van der Waals surface area (Å²) in [6.45, 7) is 4.06. The maximum Gasteiger partial charge on any atom is 0.261 e. The summed E-state index contributed by atoms with van der Waals surface area (Å²) in [5.74, 6) is 0.889. The van der Waals surface area contributed by atoms with E-state index in [4.69, 9.17) is 32.5 Å². The van der Waals surface area contributed by atoms with Gasteiger partial charge in [-0.3, -0.25) is 9.59 Å². The number of aromatic nitrogens is 2. The smallest absolute Gasteiger partial charge is 0.261 e. The third kappa shape index (κ3) is 6.36. The Morgan fingerprint density at radius 3 is 2.64 bits per heavy atom. The minimum atomic E-state index is -0.346. The van der Waals surface area contributed by atoms with Gasteiger partial charge in [-0.1, -0.05) is 40.5 Å². The second-order valence-electron chi connectivity index (χ2n) is 8.92. The zero-order valence-corrected chi connectivity index (χ0v) is 21.7. The molecule has 1 unspecified atom stereocenters. The first-order valence-corrected chi connectivity index (χ1v) is 12.6. The number of piperidine rings is 1. The number of benzene rings is 2. The van der Waals surface area contributed by atoms with Gasteiger partial charge in [0.05, 0.1) is 0 Å². The van der Waals surface area contributed by atoms with Gasteiger partial charge in [0.15, 0.2) is 6.61 Å². The lowest BCUT2D eigenvalue weighted by Gasteiger charge is -2.36. The zero-order chi connectivity index (χ0) is 25.7. The van der Waals surface area contributed by atoms with Crippen molar-refractivity contribution in [3.05, 3.63) is 64.5 Å². The predicted molar refractivity (Wildman–Crippen MR) is 137 cm³/mol. The monoisotopic (exact) mass is 530 g/mol. The molecule has 0 spiro atoms. The van der Waals surface area contributed by atoms with E-state index in [1.807, 2.05) is 26.0 Å². The molecule has 36 heavy (non-hydrogen) atoms. The number of hydrogen-bond acceptors (Lipinski definition) is 6. The Hall–Kier alpha value is -3.10. The number of likely N-dealkylation sites (tertiary alicyclic amines) is 1. The van der Waals surface area contributed by atoms with Crippen molar-refractivity contribution in [2.45, 2.75) is 45.2 Å². The summed E-state index contributed by atoms with van der Waals surface area (Å²) in [5, 5.41) is 5.26. The van der Waals surface area contributed by atoms with Gasteiger partial charge < -0.3 is 19.1 Å². The Morgan fingerprint density at radius 2 is 1.92 bits per heavy atom. The van der Waals surface area contributed by atoms with Crippen LogP contribution in [-0.4, -0.2) is 57.5 Å². The Labute approximate surface area is 220 Å². The van der Waals surface area contributed by atoms with Gasteiger partial charge in [0.25, 0.3) is 5.91 Å². The number of amides is 2. The summed E-state index contributed by atoms with van der Waals surface area (Å²) in [6.07, 6.45) is 2.51. The van der Waals surface area contributed by atoms with Crippen LogP contribution in [0, 0.1) is 0 Å².